The lowest BCUT2D eigenvalue weighted by Crippen LogP contribution is -1.99. The van der Waals surface area contributed by atoms with Crippen LogP contribution in [0.3, 0.4) is 0 Å². The molecule has 1 aromatic carbocycles. The van der Waals surface area contributed by atoms with E-state index < -0.39 is 0 Å². The number of ether oxygens (including phenoxy) is 1. The van der Waals surface area contributed by atoms with E-state index in [2.05, 4.69) is 0 Å². The molecule has 0 aliphatic rings. The summed E-state index contributed by atoms with van der Waals surface area (Å²) < 4.78 is 5.62. The number of hydrogen-bond acceptors (Lipinski definition) is 3. The molecule has 0 atom stereocenters. The zero-order chi connectivity index (χ0) is 13.2. The average Bonchev–Trinajstić information content (AvgIpc) is 2.42. The van der Waals surface area contributed by atoms with Crippen molar-refractivity contribution >= 4 is 11.6 Å². The second-order valence-electron chi connectivity index (χ2n) is 4.25. The van der Waals surface area contributed by atoms with Gasteiger partial charge in [0.25, 0.3) is 0 Å². The van der Waals surface area contributed by atoms with Gasteiger partial charge in [0.05, 0.1) is 19.8 Å². The molecular weight excluding hydrogens is 252 g/mol. The van der Waals surface area contributed by atoms with E-state index in [9.17, 15) is 0 Å². The van der Waals surface area contributed by atoms with E-state index >= 15 is 0 Å². The van der Waals surface area contributed by atoms with Crippen LogP contribution in [0, 0.1) is 0 Å². The Kier molecular flexibility index (Phi) is 7.81. The van der Waals surface area contributed by atoms with Crippen molar-refractivity contribution in [1.29, 1.82) is 0 Å². The molecule has 0 saturated carbocycles. The molecule has 0 amide bonds. The SMILES string of the molecule is OCc1cc(CO)cc(OCCCCCCCl)c1. The summed E-state index contributed by atoms with van der Waals surface area (Å²) in [7, 11) is 0. The first-order valence-corrected chi connectivity index (χ1v) is 6.87. The third-order valence-corrected chi connectivity index (χ3v) is 2.96. The van der Waals surface area contributed by atoms with Crippen molar-refractivity contribution in [1.82, 2.24) is 0 Å². The van der Waals surface area contributed by atoms with Crippen molar-refractivity contribution in [2.75, 3.05) is 12.5 Å². The third-order valence-electron chi connectivity index (χ3n) is 2.69. The summed E-state index contributed by atoms with van der Waals surface area (Å²) in [5.41, 5.74) is 1.53. The number of aliphatic hydroxyl groups excluding tert-OH is 2. The van der Waals surface area contributed by atoms with Crippen LogP contribution in [-0.2, 0) is 13.2 Å². The van der Waals surface area contributed by atoms with Crippen LogP contribution in [0.4, 0.5) is 0 Å². The molecule has 18 heavy (non-hydrogen) atoms. The standard InChI is InChI=1S/C14H21ClO3/c15-5-3-1-2-4-6-18-14-8-12(10-16)7-13(9-14)11-17/h7-9,16-17H,1-6,10-11H2. The third kappa shape index (κ3) is 5.71. The monoisotopic (exact) mass is 272 g/mol. The average molecular weight is 273 g/mol. The van der Waals surface area contributed by atoms with Crippen molar-refractivity contribution in [3.05, 3.63) is 29.3 Å². The quantitative estimate of drug-likeness (QED) is 0.537. The smallest absolute Gasteiger partial charge is 0.120 e. The maximum absolute atomic E-state index is 9.10. The molecule has 2 N–H and O–H groups in total. The Bertz CT molecular complexity index is 320. The number of unbranched alkanes of at least 4 members (excludes halogenated alkanes) is 3. The molecule has 0 spiro atoms. The van der Waals surface area contributed by atoms with E-state index in [1.54, 1.807) is 18.2 Å². The van der Waals surface area contributed by atoms with Gasteiger partial charge in [-0.25, -0.2) is 0 Å². The minimum Gasteiger partial charge on any atom is -0.494 e. The summed E-state index contributed by atoms with van der Waals surface area (Å²) >= 11 is 5.60. The Labute approximate surface area is 113 Å². The number of aliphatic hydroxyl groups is 2. The van der Waals surface area contributed by atoms with E-state index in [0.717, 1.165) is 42.7 Å². The molecule has 0 heterocycles. The maximum atomic E-state index is 9.10. The van der Waals surface area contributed by atoms with Gasteiger partial charge in [-0.3, -0.25) is 0 Å². The minimum absolute atomic E-state index is 0.0417. The molecule has 0 bridgehead atoms. The van der Waals surface area contributed by atoms with Crippen LogP contribution < -0.4 is 4.74 Å². The van der Waals surface area contributed by atoms with Gasteiger partial charge in [-0.1, -0.05) is 18.9 Å². The van der Waals surface area contributed by atoms with Crippen LogP contribution in [0.15, 0.2) is 18.2 Å². The van der Waals surface area contributed by atoms with Crippen molar-refractivity contribution < 1.29 is 14.9 Å². The molecule has 0 aromatic heterocycles. The lowest BCUT2D eigenvalue weighted by molar-refractivity contribution is 0.270. The lowest BCUT2D eigenvalue weighted by atomic mass is 10.1. The molecule has 102 valence electrons. The molecule has 3 nitrogen and oxygen atoms in total. The molecule has 0 aliphatic heterocycles. The van der Waals surface area contributed by atoms with Gasteiger partial charge >= 0.3 is 0 Å². The Balaban J connectivity index is 2.36. The number of hydrogen-bond donors (Lipinski definition) is 2. The molecule has 0 radical (unpaired) electrons. The highest BCUT2D eigenvalue weighted by atomic mass is 35.5. The molecule has 1 aromatic rings. The van der Waals surface area contributed by atoms with Crippen LogP contribution in [0.1, 0.15) is 36.8 Å². The Morgan fingerprint density at radius 3 is 2.06 bits per heavy atom. The molecule has 0 fully saturated rings. The summed E-state index contributed by atoms with van der Waals surface area (Å²) in [6, 6.07) is 5.38. The Morgan fingerprint density at radius 1 is 0.889 bits per heavy atom. The first-order chi connectivity index (χ1) is 8.80. The topological polar surface area (TPSA) is 49.7 Å². The van der Waals surface area contributed by atoms with E-state index in [-0.39, 0.29) is 13.2 Å². The molecule has 0 aliphatic carbocycles. The fourth-order valence-corrected chi connectivity index (χ4v) is 1.92. The maximum Gasteiger partial charge on any atom is 0.120 e. The highest BCUT2D eigenvalue weighted by Crippen LogP contribution is 2.18. The predicted octanol–water partition coefficient (Wildman–Crippen LogP) is 2.85. The van der Waals surface area contributed by atoms with Crippen molar-refractivity contribution in [3.8, 4) is 5.75 Å². The van der Waals surface area contributed by atoms with E-state index in [1.165, 1.54) is 0 Å². The fourth-order valence-electron chi connectivity index (χ4n) is 1.73. The molecule has 4 heteroatoms. The Hall–Kier alpha value is -0.770. The second-order valence-corrected chi connectivity index (χ2v) is 4.63. The summed E-state index contributed by atoms with van der Waals surface area (Å²) in [6.45, 7) is 0.571. The van der Waals surface area contributed by atoms with Crippen LogP contribution in [0.25, 0.3) is 0 Å². The second kappa shape index (κ2) is 9.20. The zero-order valence-corrected chi connectivity index (χ0v) is 11.3. The number of rotatable bonds is 9. The molecule has 0 saturated heterocycles. The van der Waals surface area contributed by atoms with E-state index in [4.69, 9.17) is 26.6 Å². The van der Waals surface area contributed by atoms with Gasteiger partial charge in [-0.2, -0.15) is 0 Å². The molecular formula is C14H21ClO3. The van der Waals surface area contributed by atoms with Crippen molar-refractivity contribution in [2.45, 2.75) is 38.9 Å². The first-order valence-electron chi connectivity index (χ1n) is 6.33. The van der Waals surface area contributed by atoms with Gasteiger partial charge in [-0.15, -0.1) is 11.6 Å². The highest BCUT2D eigenvalue weighted by Gasteiger charge is 2.01. The van der Waals surface area contributed by atoms with Crippen LogP contribution in [0.2, 0.25) is 0 Å². The summed E-state index contributed by atoms with van der Waals surface area (Å²) in [4.78, 5) is 0. The zero-order valence-electron chi connectivity index (χ0n) is 10.6. The van der Waals surface area contributed by atoms with Gasteiger partial charge in [0.2, 0.25) is 0 Å². The summed E-state index contributed by atoms with van der Waals surface area (Å²) in [5, 5.41) is 18.2. The van der Waals surface area contributed by atoms with Crippen LogP contribution in [-0.4, -0.2) is 22.7 Å². The van der Waals surface area contributed by atoms with Crippen LogP contribution in [0.5, 0.6) is 5.75 Å². The van der Waals surface area contributed by atoms with Gasteiger partial charge in [0.1, 0.15) is 5.75 Å². The Morgan fingerprint density at radius 2 is 1.50 bits per heavy atom. The number of alkyl halides is 1. The van der Waals surface area contributed by atoms with Crippen molar-refractivity contribution in [3.63, 3.8) is 0 Å². The molecule has 1 rings (SSSR count). The van der Waals surface area contributed by atoms with Gasteiger partial charge in [0, 0.05) is 5.88 Å². The van der Waals surface area contributed by atoms with Crippen LogP contribution >= 0.6 is 11.6 Å². The largest absolute Gasteiger partial charge is 0.494 e. The first kappa shape index (κ1) is 15.3. The molecule has 0 unspecified atom stereocenters. The predicted molar refractivity (Wildman–Crippen MR) is 73.0 cm³/mol. The number of benzene rings is 1. The summed E-state index contributed by atoms with van der Waals surface area (Å²) in [5.74, 6) is 1.43. The van der Waals surface area contributed by atoms with E-state index in [0.29, 0.717) is 12.4 Å². The minimum atomic E-state index is -0.0417. The fraction of sp³-hybridized carbons (Fsp3) is 0.571. The van der Waals surface area contributed by atoms with E-state index in [1.807, 2.05) is 0 Å². The van der Waals surface area contributed by atoms with Gasteiger partial charge in [-0.05, 0) is 36.1 Å². The summed E-state index contributed by atoms with van der Waals surface area (Å²) in [6.07, 6.45) is 4.29. The van der Waals surface area contributed by atoms with Gasteiger partial charge < -0.3 is 14.9 Å². The number of halogens is 1. The normalized spacial score (nSPS) is 10.6. The highest BCUT2D eigenvalue weighted by molar-refractivity contribution is 6.17. The van der Waals surface area contributed by atoms with Gasteiger partial charge in [0.15, 0.2) is 0 Å². The van der Waals surface area contributed by atoms with Crippen molar-refractivity contribution in [2.24, 2.45) is 0 Å². The lowest BCUT2D eigenvalue weighted by Gasteiger charge is -2.09.